The van der Waals surface area contributed by atoms with E-state index in [-0.39, 0.29) is 5.82 Å². The van der Waals surface area contributed by atoms with Gasteiger partial charge >= 0.3 is 0 Å². The number of hydrogen-bond acceptors (Lipinski definition) is 4. The maximum atomic E-state index is 13.2. The highest BCUT2D eigenvalue weighted by atomic mass is 32.1. The van der Waals surface area contributed by atoms with Gasteiger partial charge in [-0.15, -0.1) is 5.10 Å². The maximum Gasteiger partial charge on any atom is 0.248 e. The van der Waals surface area contributed by atoms with Crippen molar-refractivity contribution in [2.45, 2.75) is 13.5 Å². The van der Waals surface area contributed by atoms with Gasteiger partial charge in [-0.3, -0.25) is 5.32 Å². The third kappa shape index (κ3) is 5.00. The van der Waals surface area contributed by atoms with E-state index < -0.39 is 0 Å². The molecule has 0 unspecified atom stereocenters. The minimum Gasteiger partial charge on any atom is -0.494 e. The number of nitrogens with zero attached hydrogens (tertiary/aromatic N) is 3. The Morgan fingerprint density at radius 2 is 2.00 bits per heavy atom. The molecule has 0 amide bonds. The van der Waals surface area contributed by atoms with Crippen molar-refractivity contribution in [3.63, 3.8) is 0 Å². The average molecular weight is 371 g/mol. The molecule has 0 radical (unpaired) electrons. The number of benzene rings is 2. The van der Waals surface area contributed by atoms with E-state index in [4.69, 9.17) is 17.0 Å². The minimum absolute atomic E-state index is 0.276. The summed E-state index contributed by atoms with van der Waals surface area (Å²) in [5.74, 6) is 0.890. The topological polar surface area (TPSA) is 64.0 Å². The Hall–Kier alpha value is -3.00. The number of thiocarbonyl (C=S) groups is 1. The van der Waals surface area contributed by atoms with Crippen LogP contribution >= 0.6 is 12.2 Å². The van der Waals surface area contributed by atoms with Crippen LogP contribution in [0.15, 0.2) is 54.9 Å². The summed E-state index contributed by atoms with van der Waals surface area (Å²) < 4.78 is 20.2. The Bertz CT molecular complexity index is 881. The summed E-state index contributed by atoms with van der Waals surface area (Å²) in [5.41, 5.74) is 1.63. The maximum absolute atomic E-state index is 13.2. The second-order valence-electron chi connectivity index (χ2n) is 5.43. The lowest BCUT2D eigenvalue weighted by Gasteiger charge is -2.09. The summed E-state index contributed by atoms with van der Waals surface area (Å²) in [6.07, 6.45) is 1.56. The van der Waals surface area contributed by atoms with Gasteiger partial charge < -0.3 is 10.1 Å². The van der Waals surface area contributed by atoms with E-state index in [9.17, 15) is 4.39 Å². The van der Waals surface area contributed by atoms with Gasteiger partial charge in [-0.1, -0.05) is 12.1 Å². The first-order chi connectivity index (χ1) is 12.6. The zero-order valence-corrected chi connectivity index (χ0v) is 15.0. The summed E-state index contributed by atoms with van der Waals surface area (Å²) in [7, 11) is 0. The molecule has 0 atom stereocenters. The van der Waals surface area contributed by atoms with Crippen molar-refractivity contribution in [3.05, 3.63) is 66.2 Å². The number of rotatable bonds is 6. The van der Waals surface area contributed by atoms with Crippen molar-refractivity contribution in [2.75, 3.05) is 17.2 Å². The van der Waals surface area contributed by atoms with E-state index in [0.717, 1.165) is 17.0 Å². The fraction of sp³-hybridized carbons (Fsp3) is 0.167. The summed E-state index contributed by atoms with van der Waals surface area (Å²) in [4.78, 5) is 4.15. The largest absolute Gasteiger partial charge is 0.494 e. The smallest absolute Gasteiger partial charge is 0.248 e. The molecule has 0 aliphatic rings. The van der Waals surface area contributed by atoms with Crippen molar-refractivity contribution < 1.29 is 9.13 Å². The van der Waals surface area contributed by atoms with E-state index in [1.54, 1.807) is 17.1 Å². The number of aromatic nitrogens is 3. The molecule has 3 aromatic rings. The van der Waals surface area contributed by atoms with Crippen LogP contribution in [0.2, 0.25) is 0 Å². The van der Waals surface area contributed by atoms with Crippen LogP contribution in [0.4, 0.5) is 16.0 Å². The molecule has 0 aliphatic heterocycles. The first-order valence-electron chi connectivity index (χ1n) is 8.07. The van der Waals surface area contributed by atoms with Crippen molar-refractivity contribution in [1.29, 1.82) is 0 Å². The highest BCUT2D eigenvalue weighted by molar-refractivity contribution is 7.80. The highest BCUT2D eigenvalue weighted by Crippen LogP contribution is 2.16. The molecule has 134 valence electrons. The predicted molar refractivity (Wildman–Crippen MR) is 103 cm³/mol. The standard InChI is InChI=1S/C18H18FN5OS/c1-2-25-16-8-6-15(7-9-16)21-18(26)22-17-20-12-24(23-17)11-13-4-3-5-14(19)10-13/h3-10,12H,2,11H2,1H3,(H2,21,22,23,26). The lowest BCUT2D eigenvalue weighted by molar-refractivity contribution is 0.340. The SMILES string of the molecule is CCOc1ccc(NC(=S)Nc2ncn(Cc3cccc(F)c3)n2)cc1. The van der Waals surface area contributed by atoms with Gasteiger partial charge in [-0.2, -0.15) is 0 Å². The molecule has 0 spiro atoms. The first kappa shape index (κ1) is 17.8. The molecule has 0 saturated carbocycles. The quantitative estimate of drug-likeness (QED) is 0.645. The second-order valence-corrected chi connectivity index (χ2v) is 5.84. The molecular weight excluding hydrogens is 353 g/mol. The average Bonchev–Trinajstić information content (AvgIpc) is 3.03. The number of nitrogens with one attached hydrogen (secondary N) is 2. The van der Waals surface area contributed by atoms with E-state index in [2.05, 4.69) is 20.7 Å². The molecular formula is C18H18FN5OS. The van der Waals surface area contributed by atoms with E-state index in [1.807, 2.05) is 37.3 Å². The Morgan fingerprint density at radius 3 is 2.73 bits per heavy atom. The number of anilines is 2. The van der Waals surface area contributed by atoms with Crippen molar-refractivity contribution in [3.8, 4) is 5.75 Å². The van der Waals surface area contributed by atoms with Crippen LogP contribution in [0.5, 0.6) is 5.75 Å². The number of ether oxygens (including phenoxy) is 1. The van der Waals surface area contributed by atoms with Gasteiger partial charge in [0.15, 0.2) is 5.11 Å². The van der Waals surface area contributed by atoms with Crippen LogP contribution in [-0.4, -0.2) is 26.5 Å². The molecule has 1 aromatic heterocycles. The number of hydrogen-bond donors (Lipinski definition) is 2. The van der Waals surface area contributed by atoms with Gasteiger partial charge in [0.25, 0.3) is 0 Å². The fourth-order valence-corrected chi connectivity index (χ4v) is 2.52. The van der Waals surface area contributed by atoms with Crippen LogP contribution in [0.25, 0.3) is 0 Å². The third-order valence-corrected chi connectivity index (χ3v) is 3.62. The van der Waals surface area contributed by atoms with E-state index in [0.29, 0.717) is 24.2 Å². The van der Waals surface area contributed by atoms with E-state index in [1.165, 1.54) is 12.1 Å². The number of halogens is 1. The van der Waals surface area contributed by atoms with Gasteiger partial charge in [0.2, 0.25) is 5.95 Å². The third-order valence-electron chi connectivity index (χ3n) is 3.42. The van der Waals surface area contributed by atoms with E-state index >= 15 is 0 Å². The lowest BCUT2D eigenvalue weighted by atomic mass is 10.2. The Balaban J connectivity index is 1.55. The van der Waals surface area contributed by atoms with Gasteiger partial charge in [0.05, 0.1) is 13.2 Å². The van der Waals surface area contributed by atoms with Crippen LogP contribution < -0.4 is 15.4 Å². The zero-order chi connectivity index (χ0) is 18.4. The minimum atomic E-state index is -0.276. The van der Waals surface area contributed by atoms with Gasteiger partial charge in [0.1, 0.15) is 17.9 Å². The van der Waals surface area contributed by atoms with Crippen molar-refractivity contribution in [2.24, 2.45) is 0 Å². The normalized spacial score (nSPS) is 10.4. The summed E-state index contributed by atoms with van der Waals surface area (Å²) >= 11 is 5.27. The van der Waals surface area contributed by atoms with Gasteiger partial charge in [-0.25, -0.2) is 14.1 Å². The predicted octanol–water partition coefficient (Wildman–Crippen LogP) is 3.67. The molecule has 8 heteroatoms. The molecule has 0 fully saturated rings. The molecule has 6 nitrogen and oxygen atoms in total. The van der Waals surface area contributed by atoms with Gasteiger partial charge in [-0.05, 0) is 61.1 Å². The summed E-state index contributed by atoms with van der Waals surface area (Å²) in [6, 6.07) is 13.8. The summed E-state index contributed by atoms with van der Waals surface area (Å²) in [5, 5.41) is 10.6. The van der Waals surface area contributed by atoms with Crippen LogP contribution in [0, 0.1) is 5.82 Å². The molecule has 1 heterocycles. The molecule has 2 aromatic carbocycles. The Kier molecular flexibility index (Phi) is 5.75. The van der Waals surface area contributed by atoms with Crippen LogP contribution in [-0.2, 0) is 6.54 Å². The first-order valence-corrected chi connectivity index (χ1v) is 8.48. The lowest BCUT2D eigenvalue weighted by Crippen LogP contribution is -2.20. The Morgan fingerprint density at radius 1 is 1.19 bits per heavy atom. The fourth-order valence-electron chi connectivity index (χ4n) is 2.32. The molecule has 2 N–H and O–H groups in total. The van der Waals surface area contributed by atoms with Crippen LogP contribution in [0.1, 0.15) is 12.5 Å². The highest BCUT2D eigenvalue weighted by Gasteiger charge is 2.05. The second kappa shape index (κ2) is 8.39. The van der Waals surface area contributed by atoms with Crippen molar-refractivity contribution in [1.82, 2.24) is 14.8 Å². The van der Waals surface area contributed by atoms with Crippen molar-refractivity contribution >= 4 is 29.0 Å². The molecule has 26 heavy (non-hydrogen) atoms. The molecule has 0 aliphatic carbocycles. The molecule has 3 rings (SSSR count). The molecule has 0 saturated heterocycles. The zero-order valence-electron chi connectivity index (χ0n) is 14.1. The summed E-state index contributed by atoms with van der Waals surface area (Å²) in [6.45, 7) is 2.98. The van der Waals surface area contributed by atoms with Gasteiger partial charge in [0, 0.05) is 5.69 Å². The Labute approximate surface area is 156 Å². The van der Waals surface area contributed by atoms with Crippen LogP contribution in [0.3, 0.4) is 0 Å². The molecule has 0 bridgehead atoms. The monoisotopic (exact) mass is 371 g/mol.